The molecular formula is C13H16O5. The Morgan fingerprint density at radius 3 is 2.17 bits per heavy atom. The van der Waals surface area contributed by atoms with Crippen molar-refractivity contribution in [3.05, 3.63) is 35.4 Å². The lowest BCUT2D eigenvalue weighted by molar-refractivity contribution is -0.119. The molecular weight excluding hydrogens is 236 g/mol. The molecule has 0 saturated carbocycles. The smallest absolute Gasteiger partial charge is 0.228 e. The molecule has 0 spiro atoms. The van der Waals surface area contributed by atoms with Crippen LogP contribution in [0.5, 0.6) is 0 Å². The first kappa shape index (κ1) is 14.5. The van der Waals surface area contributed by atoms with Crippen molar-refractivity contribution in [2.24, 2.45) is 0 Å². The molecule has 0 bridgehead atoms. The van der Waals surface area contributed by atoms with E-state index in [1.165, 1.54) is 12.1 Å². The minimum atomic E-state index is -1.43. The minimum Gasteiger partial charge on any atom is -0.394 e. The summed E-state index contributed by atoms with van der Waals surface area (Å²) in [6.07, 6.45) is -3.36. The van der Waals surface area contributed by atoms with Gasteiger partial charge in [-0.1, -0.05) is 29.8 Å². The Kier molecular flexibility index (Phi) is 5.15. The van der Waals surface area contributed by atoms with Crippen molar-refractivity contribution in [3.8, 4) is 0 Å². The quantitative estimate of drug-likeness (QED) is 0.483. The second-order valence-electron chi connectivity index (χ2n) is 4.14. The average Bonchev–Trinajstić information content (AvgIpc) is 2.37. The second kappa shape index (κ2) is 6.39. The van der Waals surface area contributed by atoms with E-state index in [4.69, 9.17) is 10.2 Å². The van der Waals surface area contributed by atoms with Gasteiger partial charge in [0.1, 0.15) is 6.10 Å². The topological polar surface area (TPSA) is 94.8 Å². The monoisotopic (exact) mass is 252 g/mol. The zero-order valence-electron chi connectivity index (χ0n) is 10.0. The van der Waals surface area contributed by atoms with E-state index in [0.29, 0.717) is 0 Å². The summed E-state index contributed by atoms with van der Waals surface area (Å²) in [6.45, 7) is 1.20. The van der Waals surface area contributed by atoms with Crippen LogP contribution < -0.4 is 0 Å². The maximum absolute atomic E-state index is 11.7. The molecule has 2 atom stereocenters. The number of aryl methyl sites for hydroxylation is 1. The van der Waals surface area contributed by atoms with Crippen LogP contribution in [0.2, 0.25) is 0 Å². The van der Waals surface area contributed by atoms with Crippen LogP contribution in [-0.4, -0.2) is 45.7 Å². The second-order valence-corrected chi connectivity index (χ2v) is 4.14. The van der Waals surface area contributed by atoms with Crippen LogP contribution >= 0.6 is 0 Å². The number of aliphatic hydroxyl groups is 3. The summed E-state index contributed by atoms with van der Waals surface area (Å²) in [6, 6.07) is 6.48. The highest BCUT2D eigenvalue weighted by molar-refractivity contribution is 6.43. The SMILES string of the molecule is Cc1ccc(C(=O)C(=O)C[C@H](O)[C@H](O)CO)cc1. The number of hydrogen-bond acceptors (Lipinski definition) is 5. The summed E-state index contributed by atoms with van der Waals surface area (Å²) in [5, 5.41) is 27.0. The molecule has 0 unspecified atom stereocenters. The van der Waals surface area contributed by atoms with Crippen molar-refractivity contribution in [3.63, 3.8) is 0 Å². The van der Waals surface area contributed by atoms with Crippen molar-refractivity contribution in [2.75, 3.05) is 6.61 Å². The summed E-state index contributed by atoms with van der Waals surface area (Å²) >= 11 is 0. The predicted molar refractivity (Wildman–Crippen MR) is 64.2 cm³/mol. The van der Waals surface area contributed by atoms with Crippen LogP contribution in [0.15, 0.2) is 24.3 Å². The van der Waals surface area contributed by atoms with Crippen molar-refractivity contribution in [2.45, 2.75) is 25.6 Å². The predicted octanol–water partition coefficient (Wildman–Crippen LogP) is -0.149. The zero-order valence-corrected chi connectivity index (χ0v) is 10.0. The molecule has 1 rings (SSSR count). The number of hydrogen-bond donors (Lipinski definition) is 3. The van der Waals surface area contributed by atoms with Gasteiger partial charge < -0.3 is 15.3 Å². The van der Waals surface area contributed by atoms with Crippen molar-refractivity contribution in [1.29, 1.82) is 0 Å². The molecule has 0 radical (unpaired) electrons. The van der Waals surface area contributed by atoms with Crippen LogP contribution in [0, 0.1) is 6.92 Å². The molecule has 0 aliphatic rings. The summed E-state index contributed by atoms with van der Waals surface area (Å²) < 4.78 is 0. The molecule has 3 N–H and O–H groups in total. The van der Waals surface area contributed by atoms with Crippen molar-refractivity contribution >= 4 is 11.6 Å². The zero-order chi connectivity index (χ0) is 13.7. The van der Waals surface area contributed by atoms with E-state index in [0.717, 1.165) is 5.56 Å². The lowest BCUT2D eigenvalue weighted by Crippen LogP contribution is -2.33. The van der Waals surface area contributed by atoms with E-state index in [2.05, 4.69) is 0 Å². The van der Waals surface area contributed by atoms with Crippen LogP contribution in [0.1, 0.15) is 22.3 Å². The van der Waals surface area contributed by atoms with Crippen LogP contribution in [0.3, 0.4) is 0 Å². The Morgan fingerprint density at radius 1 is 1.11 bits per heavy atom. The van der Waals surface area contributed by atoms with Crippen LogP contribution in [0.25, 0.3) is 0 Å². The molecule has 1 aromatic rings. The first-order valence-corrected chi connectivity index (χ1v) is 5.57. The third-order valence-electron chi connectivity index (χ3n) is 2.59. The van der Waals surface area contributed by atoms with Gasteiger partial charge in [-0.25, -0.2) is 0 Å². The molecule has 0 amide bonds. The van der Waals surface area contributed by atoms with Crippen molar-refractivity contribution < 1.29 is 24.9 Å². The molecule has 0 aliphatic carbocycles. The number of carbonyl (C=O) groups excluding carboxylic acids is 2. The van der Waals surface area contributed by atoms with Gasteiger partial charge in [-0.15, -0.1) is 0 Å². The summed E-state index contributed by atoms with van der Waals surface area (Å²) in [7, 11) is 0. The van der Waals surface area contributed by atoms with E-state index < -0.39 is 36.8 Å². The number of ketones is 2. The maximum Gasteiger partial charge on any atom is 0.228 e. The molecule has 0 fully saturated rings. The van der Waals surface area contributed by atoms with Crippen LogP contribution in [-0.2, 0) is 4.79 Å². The summed E-state index contributed by atoms with van der Waals surface area (Å²) in [5.41, 5.74) is 1.21. The van der Waals surface area contributed by atoms with E-state index in [1.54, 1.807) is 12.1 Å². The molecule has 0 heterocycles. The fraction of sp³-hybridized carbons (Fsp3) is 0.385. The number of Topliss-reactive ketones (excluding diaryl/α,β-unsaturated/α-hetero) is 2. The van der Waals surface area contributed by atoms with Crippen LogP contribution in [0.4, 0.5) is 0 Å². The Balaban J connectivity index is 2.67. The van der Waals surface area contributed by atoms with Crippen molar-refractivity contribution in [1.82, 2.24) is 0 Å². The van der Waals surface area contributed by atoms with E-state index in [-0.39, 0.29) is 5.56 Å². The third kappa shape index (κ3) is 3.73. The highest BCUT2D eigenvalue weighted by Crippen LogP contribution is 2.08. The van der Waals surface area contributed by atoms with E-state index in [1.807, 2.05) is 6.92 Å². The summed E-state index contributed by atoms with van der Waals surface area (Å²) in [5.74, 6) is -1.50. The van der Waals surface area contributed by atoms with Gasteiger partial charge in [0.2, 0.25) is 11.6 Å². The highest BCUT2D eigenvalue weighted by Gasteiger charge is 2.23. The molecule has 98 valence electrons. The number of rotatable bonds is 6. The Hall–Kier alpha value is -1.56. The number of benzene rings is 1. The van der Waals surface area contributed by atoms with E-state index >= 15 is 0 Å². The first-order valence-electron chi connectivity index (χ1n) is 5.57. The Labute approximate surface area is 105 Å². The standard InChI is InChI=1S/C13H16O5/c1-8-2-4-9(5-3-8)13(18)11(16)6-10(15)12(17)7-14/h2-5,10,12,14-15,17H,6-7H2,1H3/t10-,12+/m0/s1. The largest absolute Gasteiger partial charge is 0.394 e. The first-order chi connectivity index (χ1) is 8.45. The van der Waals surface area contributed by atoms with Gasteiger partial charge in [0.05, 0.1) is 12.7 Å². The number of aliphatic hydroxyl groups excluding tert-OH is 3. The fourth-order valence-electron chi connectivity index (χ4n) is 1.41. The summed E-state index contributed by atoms with van der Waals surface area (Å²) in [4.78, 5) is 23.3. The van der Waals surface area contributed by atoms with Gasteiger partial charge in [-0.2, -0.15) is 0 Å². The maximum atomic E-state index is 11.7. The normalized spacial score (nSPS) is 14.0. The van der Waals surface area contributed by atoms with Gasteiger partial charge in [0.25, 0.3) is 0 Å². The lowest BCUT2D eigenvalue weighted by Gasteiger charge is -2.13. The molecule has 1 aromatic carbocycles. The van der Waals surface area contributed by atoms with E-state index in [9.17, 15) is 14.7 Å². The Bertz CT molecular complexity index is 424. The van der Waals surface area contributed by atoms with Gasteiger partial charge in [0.15, 0.2) is 0 Å². The molecule has 0 aromatic heterocycles. The number of carbonyl (C=O) groups is 2. The lowest BCUT2D eigenvalue weighted by atomic mass is 10.0. The fourth-order valence-corrected chi connectivity index (χ4v) is 1.41. The average molecular weight is 252 g/mol. The molecule has 18 heavy (non-hydrogen) atoms. The molecule has 5 heteroatoms. The van der Waals surface area contributed by atoms with Gasteiger partial charge in [0, 0.05) is 12.0 Å². The molecule has 5 nitrogen and oxygen atoms in total. The minimum absolute atomic E-state index is 0.247. The van der Waals surface area contributed by atoms with Gasteiger partial charge in [-0.05, 0) is 6.92 Å². The van der Waals surface area contributed by atoms with Gasteiger partial charge >= 0.3 is 0 Å². The molecule has 0 saturated heterocycles. The van der Waals surface area contributed by atoms with Gasteiger partial charge in [-0.3, -0.25) is 9.59 Å². The highest BCUT2D eigenvalue weighted by atomic mass is 16.4. The Morgan fingerprint density at radius 2 is 1.67 bits per heavy atom. The molecule has 0 aliphatic heterocycles. The third-order valence-corrected chi connectivity index (χ3v) is 2.59.